The fourth-order valence-corrected chi connectivity index (χ4v) is 1.84. The van der Waals surface area contributed by atoms with Gasteiger partial charge in [0.05, 0.1) is 7.11 Å². The third-order valence-corrected chi connectivity index (χ3v) is 3.05. The first-order valence-corrected chi connectivity index (χ1v) is 6.95. The van der Waals surface area contributed by atoms with Crippen LogP contribution in [-0.4, -0.2) is 29.0 Å². The monoisotopic (exact) mass is 300 g/mol. The highest BCUT2D eigenvalue weighted by Crippen LogP contribution is 2.17. The number of aromatic nitrogens is 2. The van der Waals surface area contributed by atoms with Crippen LogP contribution in [0, 0.1) is 5.92 Å². The molecule has 1 heterocycles. The standard InChI is InChI=1S/C13H21ClN4O2/c1-8(5-4-6-9(2)15)12(19)18-13-16-10(14)7-11(17-13)20-3/h7-9H,4-6,15H2,1-3H3,(H,16,17,18,19). The lowest BCUT2D eigenvalue weighted by molar-refractivity contribution is -0.119. The van der Waals surface area contributed by atoms with Crippen LogP contribution in [0.5, 0.6) is 5.88 Å². The lowest BCUT2D eigenvalue weighted by Gasteiger charge is -2.12. The minimum atomic E-state index is -0.140. The molecule has 0 radical (unpaired) electrons. The van der Waals surface area contributed by atoms with Gasteiger partial charge in [-0.2, -0.15) is 4.98 Å². The molecule has 0 saturated heterocycles. The molecular formula is C13H21ClN4O2. The molecule has 0 bridgehead atoms. The SMILES string of the molecule is COc1cc(Cl)nc(NC(=O)C(C)CCCC(C)N)n1. The van der Waals surface area contributed by atoms with Crippen LogP contribution < -0.4 is 15.8 Å². The molecule has 0 aliphatic rings. The molecule has 2 atom stereocenters. The van der Waals surface area contributed by atoms with Gasteiger partial charge in [-0.05, 0) is 19.8 Å². The number of halogens is 1. The number of hydrogen-bond donors (Lipinski definition) is 2. The average molecular weight is 301 g/mol. The molecule has 112 valence electrons. The van der Waals surface area contributed by atoms with Gasteiger partial charge in [0.1, 0.15) is 5.15 Å². The van der Waals surface area contributed by atoms with Crippen molar-refractivity contribution in [1.82, 2.24) is 9.97 Å². The van der Waals surface area contributed by atoms with Gasteiger partial charge < -0.3 is 10.5 Å². The largest absolute Gasteiger partial charge is 0.481 e. The van der Waals surface area contributed by atoms with E-state index in [-0.39, 0.29) is 29.0 Å². The molecule has 1 rings (SSSR count). The van der Waals surface area contributed by atoms with Crippen LogP contribution in [0.1, 0.15) is 33.1 Å². The van der Waals surface area contributed by atoms with E-state index < -0.39 is 0 Å². The summed E-state index contributed by atoms with van der Waals surface area (Å²) in [6.45, 7) is 3.81. The number of methoxy groups -OCH3 is 1. The Kier molecular flexibility index (Phi) is 6.67. The van der Waals surface area contributed by atoms with Gasteiger partial charge in [0.2, 0.25) is 17.7 Å². The maximum Gasteiger partial charge on any atom is 0.234 e. The molecule has 0 spiro atoms. The number of hydrogen-bond acceptors (Lipinski definition) is 5. The Morgan fingerprint density at radius 1 is 1.45 bits per heavy atom. The number of nitrogens with one attached hydrogen (secondary N) is 1. The first-order valence-electron chi connectivity index (χ1n) is 6.57. The quantitative estimate of drug-likeness (QED) is 0.754. The van der Waals surface area contributed by atoms with Gasteiger partial charge in [0.25, 0.3) is 0 Å². The maximum atomic E-state index is 12.0. The minimum Gasteiger partial charge on any atom is -0.481 e. The summed E-state index contributed by atoms with van der Waals surface area (Å²) in [5.41, 5.74) is 5.68. The average Bonchev–Trinajstić information content (AvgIpc) is 2.37. The van der Waals surface area contributed by atoms with E-state index in [9.17, 15) is 4.79 Å². The van der Waals surface area contributed by atoms with Gasteiger partial charge in [-0.15, -0.1) is 0 Å². The fraction of sp³-hybridized carbons (Fsp3) is 0.615. The minimum absolute atomic E-state index is 0.137. The smallest absolute Gasteiger partial charge is 0.234 e. The zero-order valence-corrected chi connectivity index (χ0v) is 12.8. The van der Waals surface area contributed by atoms with E-state index >= 15 is 0 Å². The van der Waals surface area contributed by atoms with Gasteiger partial charge in [-0.25, -0.2) is 4.98 Å². The molecular weight excluding hydrogens is 280 g/mol. The molecule has 0 fully saturated rings. The number of anilines is 1. The second-order valence-corrected chi connectivity index (χ2v) is 5.24. The Labute approximate surface area is 124 Å². The summed E-state index contributed by atoms with van der Waals surface area (Å²) in [5, 5.41) is 2.86. The van der Waals surface area contributed by atoms with Crippen molar-refractivity contribution in [3.8, 4) is 5.88 Å². The molecule has 7 heteroatoms. The van der Waals surface area contributed by atoms with Gasteiger partial charge in [0, 0.05) is 18.0 Å². The van der Waals surface area contributed by atoms with Crippen LogP contribution in [0.15, 0.2) is 6.07 Å². The topological polar surface area (TPSA) is 90.1 Å². The third kappa shape index (κ3) is 5.71. The zero-order valence-electron chi connectivity index (χ0n) is 12.0. The summed E-state index contributed by atoms with van der Waals surface area (Å²) in [7, 11) is 1.47. The summed E-state index contributed by atoms with van der Waals surface area (Å²) in [6, 6.07) is 1.63. The summed E-state index contributed by atoms with van der Waals surface area (Å²) >= 11 is 5.81. The molecule has 1 aromatic rings. The highest BCUT2D eigenvalue weighted by atomic mass is 35.5. The number of amides is 1. The molecule has 20 heavy (non-hydrogen) atoms. The van der Waals surface area contributed by atoms with E-state index in [1.54, 1.807) is 0 Å². The number of carbonyl (C=O) groups is 1. The molecule has 3 N–H and O–H groups in total. The highest BCUT2D eigenvalue weighted by Gasteiger charge is 2.15. The first kappa shape index (κ1) is 16.7. The van der Waals surface area contributed by atoms with Crippen LogP contribution in [0.2, 0.25) is 5.15 Å². The maximum absolute atomic E-state index is 12.0. The molecule has 2 unspecified atom stereocenters. The van der Waals surface area contributed by atoms with E-state index in [0.29, 0.717) is 5.88 Å². The van der Waals surface area contributed by atoms with Crippen LogP contribution in [0.3, 0.4) is 0 Å². The van der Waals surface area contributed by atoms with Crippen molar-refractivity contribution in [2.24, 2.45) is 11.7 Å². The van der Waals surface area contributed by atoms with Crippen molar-refractivity contribution in [2.45, 2.75) is 39.2 Å². The Bertz CT molecular complexity index is 454. The second kappa shape index (κ2) is 8.01. The fourth-order valence-electron chi connectivity index (χ4n) is 1.67. The van der Waals surface area contributed by atoms with Crippen molar-refractivity contribution < 1.29 is 9.53 Å². The Morgan fingerprint density at radius 2 is 2.15 bits per heavy atom. The first-order chi connectivity index (χ1) is 9.42. The van der Waals surface area contributed by atoms with Gasteiger partial charge in [0.15, 0.2) is 0 Å². The van der Waals surface area contributed by atoms with Gasteiger partial charge in [-0.3, -0.25) is 10.1 Å². The molecule has 0 aliphatic carbocycles. The molecule has 6 nitrogen and oxygen atoms in total. The van der Waals surface area contributed by atoms with E-state index in [2.05, 4.69) is 15.3 Å². The Morgan fingerprint density at radius 3 is 2.75 bits per heavy atom. The second-order valence-electron chi connectivity index (χ2n) is 4.86. The van der Waals surface area contributed by atoms with Crippen LogP contribution in [0.25, 0.3) is 0 Å². The van der Waals surface area contributed by atoms with Crippen molar-refractivity contribution in [3.63, 3.8) is 0 Å². The van der Waals surface area contributed by atoms with Gasteiger partial charge in [-0.1, -0.05) is 24.9 Å². The van der Waals surface area contributed by atoms with E-state index in [4.69, 9.17) is 22.1 Å². The Hall–Kier alpha value is -1.40. The summed E-state index contributed by atoms with van der Waals surface area (Å²) in [6.07, 6.45) is 2.58. The number of ether oxygens (including phenoxy) is 1. The van der Waals surface area contributed by atoms with Crippen LogP contribution >= 0.6 is 11.6 Å². The van der Waals surface area contributed by atoms with Crippen LogP contribution in [0.4, 0.5) is 5.95 Å². The van der Waals surface area contributed by atoms with Crippen LogP contribution in [-0.2, 0) is 4.79 Å². The number of carbonyl (C=O) groups excluding carboxylic acids is 1. The molecule has 0 saturated carbocycles. The van der Waals surface area contributed by atoms with Crippen molar-refractivity contribution in [3.05, 3.63) is 11.2 Å². The highest BCUT2D eigenvalue weighted by molar-refractivity contribution is 6.29. The number of nitrogens with zero attached hydrogens (tertiary/aromatic N) is 2. The number of nitrogens with two attached hydrogens (primary N) is 1. The molecule has 0 aliphatic heterocycles. The molecule has 0 aromatic carbocycles. The predicted molar refractivity (Wildman–Crippen MR) is 78.9 cm³/mol. The van der Waals surface area contributed by atoms with E-state index in [0.717, 1.165) is 19.3 Å². The van der Waals surface area contributed by atoms with E-state index in [1.807, 2.05) is 13.8 Å². The van der Waals surface area contributed by atoms with Crippen molar-refractivity contribution in [1.29, 1.82) is 0 Å². The summed E-state index contributed by atoms with van der Waals surface area (Å²) in [5.74, 6) is 0.185. The predicted octanol–water partition coefficient (Wildman–Crippen LogP) is 2.23. The Balaban J connectivity index is 2.54. The number of rotatable bonds is 7. The summed E-state index contributed by atoms with van der Waals surface area (Å²) < 4.78 is 4.97. The van der Waals surface area contributed by atoms with Gasteiger partial charge >= 0.3 is 0 Å². The van der Waals surface area contributed by atoms with Crippen molar-refractivity contribution in [2.75, 3.05) is 12.4 Å². The molecule has 1 aromatic heterocycles. The third-order valence-electron chi connectivity index (χ3n) is 2.86. The lowest BCUT2D eigenvalue weighted by atomic mass is 10.0. The van der Waals surface area contributed by atoms with Crippen molar-refractivity contribution >= 4 is 23.5 Å². The normalized spacial score (nSPS) is 13.7. The zero-order chi connectivity index (χ0) is 15.1. The summed E-state index contributed by atoms with van der Waals surface area (Å²) in [4.78, 5) is 19.9. The molecule has 1 amide bonds. The lowest BCUT2D eigenvalue weighted by Crippen LogP contribution is -2.22. The van der Waals surface area contributed by atoms with E-state index in [1.165, 1.54) is 13.2 Å².